The second kappa shape index (κ2) is 6.67. The third kappa shape index (κ3) is 3.09. The van der Waals surface area contributed by atoms with Gasteiger partial charge in [-0.1, -0.05) is 30.3 Å². The van der Waals surface area contributed by atoms with Crippen LogP contribution in [0.25, 0.3) is 28.0 Å². The van der Waals surface area contributed by atoms with Crippen LogP contribution in [0.1, 0.15) is 11.3 Å². The van der Waals surface area contributed by atoms with Gasteiger partial charge >= 0.3 is 6.18 Å². The molecule has 0 spiro atoms. The zero-order valence-electron chi connectivity index (χ0n) is 15.2. The summed E-state index contributed by atoms with van der Waals surface area (Å²) in [7, 11) is 1.50. The molecule has 0 saturated heterocycles. The van der Waals surface area contributed by atoms with Crippen molar-refractivity contribution in [3.8, 4) is 22.7 Å². The van der Waals surface area contributed by atoms with Crippen molar-refractivity contribution in [3.05, 3.63) is 71.9 Å². The molecule has 0 fully saturated rings. The Morgan fingerprint density at radius 3 is 2.39 bits per heavy atom. The van der Waals surface area contributed by atoms with E-state index in [1.807, 2.05) is 6.07 Å². The summed E-state index contributed by atoms with van der Waals surface area (Å²) in [5.74, 6) is 0.542. The number of pyridine rings is 1. The first kappa shape index (κ1) is 18.0. The van der Waals surface area contributed by atoms with E-state index >= 15 is 0 Å². The molecule has 0 amide bonds. The Labute approximate surface area is 159 Å². The molecule has 4 nitrogen and oxygen atoms in total. The molecule has 142 valence electrons. The minimum atomic E-state index is -4.54. The maximum absolute atomic E-state index is 13.9. The molecular formula is C21H16F3N3O. The van der Waals surface area contributed by atoms with Crippen molar-refractivity contribution in [2.75, 3.05) is 7.11 Å². The highest BCUT2D eigenvalue weighted by Gasteiger charge is 2.35. The number of methoxy groups -OCH3 is 1. The number of rotatable bonds is 3. The van der Waals surface area contributed by atoms with Crippen LogP contribution in [-0.2, 0) is 6.18 Å². The topological polar surface area (TPSA) is 39.9 Å². The number of aromatic nitrogens is 3. The molecule has 2 aromatic heterocycles. The van der Waals surface area contributed by atoms with Gasteiger partial charge in [0, 0.05) is 5.56 Å². The number of para-hydroxylation sites is 1. The van der Waals surface area contributed by atoms with Crippen LogP contribution >= 0.6 is 0 Å². The van der Waals surface area contributed by atoms with Crippen LogP contribution in [0.2, 0.25) is 0 Å². The molecule has 0 radical (unpaired) electrons. The van der Waals surface area contributed by atoms with E-state index in [1.165, 1.54) is 11.8 Å². The number of hydrogen-bond donors (Lipinski definition) is 0. The molecule has 2 heterocycles. The summed E-state index contributed by atoms with van der Waals surface area (Å²) in [5.41, 5.74) is 1.06. The lowest BCUT2D eigenvalue weighted by Crippen LogP contribution is -2.08. The minimum Gasteiger partial charge on any atom is -0.497 e. The number of halogens is 3. The molecule has 4 aromatic rings. The number of benzene rings is 2. The van der Waals surface area contributed by atoms with Crippen LogP contribution in [0.15, 0.2) is 60.7 Å². The maximum Gasteiger partial charge on any atom is 0.417 e. The van der Waals surface area contributed by atoms with E-state index in [2.05, 4.69) is 10.1 Å². The van der Waals surface area contributed by atoms with Crippen molar-refractivity contribution in [2.24, 2.45) is 0 Å². The second-order valence-electron chi connectivity index (χ2n) is 6.32. The summed E-state index contributed by atoms with van der Waals surface area (Å²) >= 11 is 0. The van der Waals surface area contributed by atoms with Gasteiger partial charge in [0.25, 0.3) is 0 Å². The van der Waals surface area contributed by atoms with Crippen molar-refractivity contribution in [1.29, 1.82) is 0 Å². The molecule has 0 N–H and O–H groups in total. The fourth-order valence-corrected chi connectivity index (χ4v) is 3.19. The first-order valence-corrected chi connectivity index (χ1v) is 8.56. The number of aryl methyl sites for hydroxylation is 1. The standard InChI is InChI=1S/C21H16F3N3O/c1-13-19-17(21(22,23)24)12-18(14-7-6-10-16(11-14)28-2)25-20(19)27(26-13)15-8-4-3-5-9-15/h3-12H,1-2H3. The molecule has 0 aliphatic carbocycles. The van der Waals surface area contributed by atoms with Gasteiger partial charge in [-0.3, -0.25) is 0 Å². The molecule has 0 unspecified atom stereocenters. The highest BCUT2D eigenvalue weighted by Crippen LogP contribution is 2.39. The number of alkyl halides is 3. The molecule has 0 bridgehead atoms. The first-order chi connectivity index (χ1) is 13.4. The van der Waals surface area contributed by atoms with Crippen LogP contribution in [0.4, 0.5) is 13.2 Å². The van der Waals surface area contributed by atoms with Crippen LogP contribution < -0.4 is 4.74 Å². The zero-order valence-corrected chi connectivity index (χ0v) is 15.2. The Morgan fingerprint density at radius 1 is 0.964 bits per heavy atom. The van der Waals surface area contributed by atoms with Gasteiger partial charge in [-0.25, -0.2) is 9.67 Å². The number of nitrogens with zero attached hydrogens (tertiary/aromatic N) is 3. The van der Waals surface area contributed by atoms with E-state index < -0.39 is 11.7 Å². The quantitative estimate of drug-likeness (QED) is 0.474. The number of fused-ring (bicyclic) bond motifs is 1. The average Bonchev–Trinajstić information content (AvgIpc) is 3.04. The average molecular weight is 383 g/mol. The Hall–Kier alpha value is -3.35. The monoisotopic (exact) mass is 383 g/mol. The summed E-state index contributed by atoms with van der Waals surface area (Å²) < 4.78 is 48.2. The third-order valence-corrected chi connectivity index (χ3v) is 4.48. The maximum atomic E-state index is 13.9. The number of ether oxygens (including phenoxy) is 1. The fourth-order valence-electron chi connectivity index (χ4n) is 3.19. The van der Waals surface area contributed by atoms with Gasteiger partial charge < -0.3 is 4.74 Å². The highest BCUT2D eigenvalue weighted by atomic mass is 19.4. The fraction of sp³-hybridized carbons (Fsp3) is 0.143. The Morgan fingerprint density at radius 2 is 1.71 bits per heavy atom. The molecular weight excluding hydrogens is 367 g/mol. The van der Waals surface area contributed by atoms with E-state index in [0.29, 0.717) is 17.0 Å². The van der Waals surface area contributed by atoms with Crippen LogP contribution in [0.3, 0.4) is 0 Å². The third-order valence-electron chi connectivity index (χ3n) is 4.48. The van der Waals surface area contributed by atoms with Crippen molar-refractivity contribution in [3.63, 3.8) is 0 Å². The van der Waals surface area contributed by atoms with Crippen molar-refractivity contribution in [2.45, 2.75) is 13.1 Å². The van der Waals surface area contributed by atoms with Gasteiger partial charge in [-0.15, -0.1) is 0 Å². The van der Waals surface area contributed by atoms with E-state index in [1.54, 1.807) is 55.5 Å². The first-order valence-electron chi connectivity index (χ1n) is 8.56. The van der Waals surface area contributed by atoms with Crippen molar-refractivity contribution in [1.82, 2.24) is 14.8 Å². The van der Waals surface area contributed by atoms with Gasteiger partial charge in [0.2, 0.25) is 0 Å². The Kier molecular flexibility index (Phi) is 4.30. The molecule has 28 heavy (non-hydrogen) atoms. The summed E-state index contributed by atoms with van der Waals surface area (Å²) in [4.78, 5) is 4.54. The van der Waals surface area contributed by atoms with Gasteiger partial charge in [-0.05, 0) is 37.3 Å². The lowest BCUT2D eigenvalue weighted by molar-refractivity contribution is -0.136. The van der Waals surface area contributed by atoms with E-state index in [0.717, 1.165) is 6.07 Å². The van der Waals surface area contributed by atoms with Crippen molar-refractivity contribution < 1.29 is 17.9 Å². The minimum absolute atomic E-state index is 0.00278. The zero-order chi connectivity index (χ0) is 19.9. The SMILES string of the molecule is COc1cccc(-c2cc(C(F)(F)F)c3c(C)nn(-c4ccccc4)c3n2)c1. The largest absolute Gasteiger partial charge is 0.497 e. The predicted molar refractivity (Wildman–Crippen MR) is 101 cm³/mol. The smallest absolute Gasteiger partial charge is 0.417 e. The van der Waals surface area contributed by atoms with E-state index in [4.69, 9.17) is 4.74 Å². The van der Waals surface area contributed by atoms with E-state index in [-0.39, 0.29) is 22.4 Å². The predicted octanol–water partition coefficient (Wildman–Crippen LogP) is 5.42. The van der Waals surface area contributed by atoms with Gasteiger partial charge in [0.15, 0.2) is 5.65 Å². The Bertz CT molecular complexity index is 1150. The van der Waals surface area contributed by atoms with Gasteiger partial charge in [0.1, 0.15) is 5.75 Å². The molecule has 0 aliphatic rings. The molecule has 2 aromatic carbocycles. The summed E-state index contributed by atoms with van der Waals surface area (Å²) in [6.07, 6.45) is -4.54. The van der Waals surface area contributed by atoms with Gasteiger partial charge in [-0.2, -0.15) is 18.3 Å². The lowest BCUT2D eigenvalue weighted by Gasteiger charge is -2.12. The summed E-state index contributed by atoms with van der Waals surface area (Å²) in [6, 6.07) is 16.9. The van der Waals surface area contributed by atoms with E-state index in [9.17, 15) is 13.2 Å². The van der Waals surface area contributed by atoms with Gasteiger partial charge in [0.05, 0.1) is 35.1 Å². The van der Waals surface area contributed by atoms with Crippen LogP contribution in [0, 0.1) is 6.92 Å². The lowest BCUT2D eigenvalue weighted by atomic mass is 10.0. The molecule has 0 aliphatic heterocycles. The normalized spacial score (nSPS) is 11.8. The molecule has 0 saturated carbocycles. The second-order valence-corrected chi connectivity index (χ2v) is 6.32. The Balaban J connectivity index is 2.05. The molecule has 4 rings (SSSR count). The number of hydrogen-bond acceptors (Lipinski definition) is 3. The van der Waals surface area contributed by atoms with Crippen LogP contribution in [0.5, 0.6) is 5.75 Å². The molecule has 0 atom stereocenters. The molecule has 7 heteroatoms. The summed E-state index contributed by atoms with van der Waals surface area (Å²) in [5, 5.41) is 4.33. The highest BCUT2D eigenvalue weighted by molar-refractivity contribution is 5.87. The van der Waals surface area contributed by atoms with Crippen molar-refractivity contribution >= 4 is 11.0 Å². The summed E-state index contributed by atoms with van der Waals surface area (Å²) in [6.45, 7) is 1.56. The van der Waals surface area contributed by atoms with Crippen LogP contribution in [-0.4, -0.2) is 21.9 Å².